The van der Waals surface area contributed by atoms with Crippen LogP contribution in [0.2, 0.25) is 5.02 Å². The molecule has 3 aliphatic heterocycles. The van der Waals surface area contributed by atoms with Crippen LogP contribution in [0.1, 0.15) is 31.0 Å². The molecule has 0 spiro atoms. The number of nitrogens with zero attached hydrogens (tertiary/aromatic N) is 9. The Balaban J connectivity index is 1.23. The molecular weight excluding hydrogens is 511 g/mol. The summed E-state index contributed by atoms with van der Waals surface area (Å²) in [5, 5.41) is 16.5. The van der Waals surface area contributed by atoms with E-state index >= 15 is 0 Å². The maximum Gasteiger partial charge on any atom is 0.256 e. The zero-order valence-electron chi connectivity index (χ0n) is 20.6. The van der Waals surface area contributed by atoms with Gasteiger partial charge in [-0.05, 0) is 54.0 Å². The smallest absolute Gasteiger partial charge is 0.256 e. The third-order valence-electron chi connectivity index (χ3n) is 7.59. The van der Waals surface area contributed by atoms with Crippen molar-refractivity contribution in [2.45, 2.75) is 37.5 Å². The minimum Gasteiger partial charge on any atom is -0.344 e. The summed E-state index contributed by atoms with van der Waals surface area (Å²) >= 11 is 5.99. The Morgan fingerprint density at radius 1 is 1.11 bits per heavy atom. The average molecular weight is 539 g/mol. The molecule has 0 bridgehead atoms. The Bertz CT molecular complexity index is 1380. The first kappa shape index (κ1) is 24.7. The number of hydrogen-bond acceptors (Lipinski definition) is 8. The number of halogens is 2. The quantitative estimate of drug-likeness (QED) is 0.475. The monoisotopic (exact) mass is 538 g/mol. The lowest BCUT2D eigenvalue weighted by Crippen LogP contribution is -2.43. The van der Waals surface area contributed by atoms with Gasteiger partial charge < -0.3 is 10.6 Å². The summed E-state index contributed by atoms with van der Waals surface area (Å²) < 4.78 is 18.1. The van der Waals surface area contributed by atoms with Crippen molar-refractivity contribution in [3.63, 3.8) is 0 Å². The van der Waals surface area contributed by atoms with E-state index in [0.717, 1.165) is 63.1 Å². The van der Waals surface area contributed by atoms with Gasteiger partial charge in [0, 0.05) is 50.2 Å². The van der Waals surface area contributed by atoms with Gasteiger partial charge in [-0.1, -0.05) is 28.8 Å². The van der Waals surface area contributed by atoms with Gasteiger partial charge in [0.15, 0.2) is 5.82 Å². The zero-order chi connectivity index (χ0) is 26.2. The highest BCUT2D eigenvalue weighted by Gasteiger charge is 2.32. The molecule has 198 valence electrons. The number of nitrogens with two attached hydrogens (primary N) is 1. The maximum absolute atomic E-state index is 14.8. The average Bonchev–Trinajstić information content (AvgIpc) is 3.71. The van der Waals surface area contributed by atoms with Crippen LogP contribution in [0.25, 0.3) is 11.3 Å². The first-order valence-corrected chi connectivity index (χ1v) is 13.1. The highest BCUT2D eigenvalue weighted by Crippen LogP contribution is 2.32. The Morgan fingerprint density at radius 2 is 1.92 bits per heavy atom. The Hall–Kier alpha value is -3.61. The van der Waals surface area contributed by atoms with Crippen molar-refractivity contribution in [2.75, 3.05) is 31.1 Å². The molecule has 11 nitrogen and oxygen atoms in total. The fourth-order valence-corrected chi connectivity index (χ4v) is 5.73. The number of amides is 1. The van der Waals surface area contributed by atoms with Crippen LogP contribution >= 0.6 is 11.6 Å². The van der Waals surface area contributed by atoms with Gasteiger partial charge in [0.25, 0.3) is 5.95 Å². The first-order valence-electron chi connectivity index (χ1n) is 12.7. The van der Waals surface area contributed by atoms with Crippen LogP contribution in [-0.2, 0) is 4.79 Å². The van der Waals surface area contributed by atoms with Crippen LogP contribution < -0.4 is 10.6 Å². The third-order valence-corrected chi connectivity index (χ3v) is 7.88. The topological polar surface area (TPSA) is 114 Å². The normalized spacial score (nSPS) is 22.8. The molecule has 13 heteroatoms. The Morgan fingerprint density at radius 3 is 2.71 bits per heavy atom. The predicted molar refractivity (Wildman–Crippen MR) is 140 cm³/mol. The minimum atomic E-state index is -0.617. The van der Waals surface area contributed by atoms with E-state index in [2.05, 4.69) is 30.2 Å². The fourth-order valence-electron chi connectivity index (χ4n) is 5.56. The molecule has 5 heterocycles. The zero-order valence-corrected chi connectivity index (χ0v) is 21.4. The molecule has 6 rings (SSSR count). The summed E-state index contributed by atoms with van der Waals surface area (Å²) in [6.07, 6.45) is 10.9. The van der Waals surface area contributed by atoms with Crippen molar-refractivity contribution in [2.24, 2.45) is 5.73 Å². The lowest BCUT2D eigenvalue weighted by atomic mass is 10.0. The number of hydrogen-bond donors (Lipinski definition) is 1. The lowest BCUT2D eigenvalue weighted by molar-refractivity contribution is -0.117. The van der Waals surface area contributed by atoms with Gasteiger partial charge in [0.05, 0.1) is 16.8 Å². The molecule has 0 saturated carbocycles. The molecule has 3 aromatic rings. The van der Waals surface area contributed by atoms with Crippen LogP contribution in [0.4, 0.5) is 10.3 Å². The van der Waals surface area contributed by atoms with Crippen LogP contribution in [0, 0.1) is 5.82 Å². The van der Waals surface area contributed by atoms with E-state index in [4.69, 9.17) is 17.3 Å². The van der Waals surface area contributed by atoms with Gasteiger partial charge in [-0.15, -0.1) is 0 Å². The molecule has 1 amide bonds. The van der Waals surface area contributed by atoms with Gasteiger partial charge in [0.1, 0.15) is 11.9 Å². The number of carbonyl (C=O) groups is 1. The summed E-state index contributed by atoms with van der Waals surface area (Å²) in [7, 11) is 0. The molecule has 2 aromatic heterocycles. The van der Waals surface area contributed by atoms with Gasteiger partial charge >= 0.3 is 0 Å². The van der Waals surface area contributed by atoms with Crippen LogP contribution in [-0.4, -0.2) is 84.6 Å². The van der Waals surface area contributed by atoms with Crippen molar-refractivity contribution >= 4 is 29.5 Å². The summed E-state index contributed by atoms with van der Waals surface area (Å²) in [6.45, 7) is 3.58. The minimum absolute atomic E-state index is 0.0213. The molecule has 38 heavy (non-hydrogen) atoms. The number of carbonyl (C=O) groups excluding carboxylic acids is 1. The maximum atomic E-state index is 14.8. The van der Waals surface area contributed by atoms with Gasteiger partial charge in [-0.3, -0.25) is 19.3 Å². The van der Waals surface area contributed by atoms with Crippen molar-refractivity contribution in [1.29, 1.82) is 0 Å². The Labute approximate surface area is 223 Å². The second-order valence-electron chi connectivity index (χ2n) is 9.78. The SMILES string of the molecule is NC1C=CC(c2ccnn2C2CCN(C3CCN(C=O)C3)CC2)=CN1c1nnnn1-c1cccc(Cl)c1F. The predicted octanol–water partition coefficient (Wildman–Crippen LogP) is 2.22. The van der Waals surface area contributed by atoms with E-state index in [-0.39, 0.29) is 22.7 Å². The summed E-state index contributed by atoms with van der Waals surface area (Å²) in [5.74, 6) is -0.352. The molecule has 2 N–H and O–H groups in total. The van der Waals surface area contributed by atoms with E-state index in [0.29, 0.717) is 6.04 Å². The van der Waals surface area contributed by atoms with Gasteiger partial charge in [-0.25, -0.2) is 4.39 Å². The molecule has 2 unspecified atom stereocenters. The molecule has 0 aliphatic carbocycles. The van der Waals surface area contributed by atoms with Crippen molar-refractivity contribution < 1.29 is 9.18 Å². The van der Waals surface area contributed by atoms with E-state index < -0.39 is 12.0 Å². The van der Waals surface area contributed by atoms with Crippen molar-refractivity contribution in [3.8, 4) is 5.69 Å². The van der Waals surface area contributed by atoms with Crippen molar-refractivity contribution in [1.82, 2.24) is 39.8 Å². The fraction of sp³-hybridized carbons (Fsp3) is 0.400. The third kappa shape index (κ3) is 4.48. The largest absolute Gasteiger partial charge is 0.344 e. The number of anilines is 1. The van der Waals surface area contributed by atoms with Crippen LogP contribution in [0.15, 0.2) is 48.8 Å². The highest BCUT2D eigenvalue weighted by molar-refractivity contribution is 6.30. The number of benzene rings is 1. The second-order valence-corrected chi connectivity index (χ2v) is 10.2. The standard InChI is InChI=1S/C25H28ClFN10O/c26-20-2-1-3-22(24(20)27)37-25(30-31-32-37)35-14-17(4-5-23(35)28)21-6-10-29-36(21)18-8-12-34(13-9-18)19-7-11-33(15-19)16-38/h1-6,10,14,16,18-19,23H,7-9,11-13,15,28H2. The number of tetrazole rings is 1. The first-order chi connectivity index (χ1) is 18.5. The molecule has 2 atom stereocenters. The van der Waals surface area contributed by atoms with Crippen LogP contribution in [0.3, 0.4) is 0 Å². The van der Waals surface area contributed by atoms with Crippen LogP contribution in [0.5, 0.6) is 0 Å². The van der Waals surface area contributed by atoms with E-state index in [1.165, 1.54) is 10.7 Å². The highest BCUT2D eigenvalue weighted by atomic mass is 35.5. The van der Waals surface area contributed by atoms with E-state index in [1.807, 2.05) is 29.3 Å². The van der Waals surface area contributed by atoms with Gasteiger partial charge in [0.2, 0.25) is 6.41 Å². The molecular formula is C25H28ClFN10O. The lowest BCUT2D eigenvalue weighted by Gasteiger charge is -2.36. The van der Waals surface area contributed by atoms with Crippen molar-refractivity contribution in [3.05, 3.63) is 65.3 Å². The summed E-state index contributed by atoms with van der Waals surface area (Å²) in [5.41, 5.74) is 8.37. The number of allylic oxidation sites excluding steroid dienone is 2. The number of aromatic nitrogens is 6. The molecule has 2 fully saturated rings. The molecule has 1 aromatic carbocycles. The van der Waals surface area contributed by atoms with E-state index in [9.17, 15) is 9.18 Å². The molecule has 2 saturated heterocycles. The molecule has 3 aliphatic rings. The second kappa shape index (κ2) is 10.3. The number of piperidine rings is 1. The number of rotatable bonds is 6. The van der Waals surface area contributed by atoms with E-state index in [1.54, 1.807) is 23.2 Å². The summed E-state index contributed by atoms with van der Waals surface area (Å²) in [6, 6.07) is 7.34. The Kier molecular flexibility index (Phi) is 6.68. The van der Waals surface area contributed by atoms with Gasteiger partial charge in [-0.2, -0.15) is 9.78 Å². The summed E-state index contributed by atoms with van der Waals surface area (Å²) in [4.78, 5) is 17.2. The molecule has 0 radical (unpaired) electrons. The number of likely N-dealkylation sites (tertiary alicyclic amines) is 2.